The summed E-state index contributed by atoms with van der Waals surface area (Å²) in [5.74, 6) is -0.977. The highest BCUT2D eigenvalue weighted by molar-refractivity contribution is 14.1. The molecule has 0 atom stereocenters. The molecule has 2 aromatic carbocycles. The number of fused-ring (bicyclic) bond motifs is 1. The standard InChI is InChI=1S/C20H18F2IN3O2/c1-11-18(28-6-5-19(24)27)10-26(2)17-8-12(21)7-16(20(11)17)25-15-4-3-13(23)9-14(15)22/h3-4,7-10,25H,1,5-6H2,2H3,(H2,24,27). The molecule has 3 N–H and O–H groups in total. The van der Waals surface area contributed by atoms with Crippen molar-refractivity contribution < 1.29 is 18.3 Å². The van der Waals surface area contributed by atoms with Gasteiger partial charge in [0.1, 0.15) is 17.4 Å². The first kappa shape index (κ1) is 20.1. The number of carbonyl (C=O) groups excluding carboxylic acids is 1. The highest BCUT2D eigenvalue weighted by Crippen LogP contribution is 2.42. The number of amides is 1. The number of halogens is 3. The number of rotatable bonds is 6. The van der Waals surface area contributed by atoms with Crippen LogP contribution in [0.15, 0.2) is 48.9 Å². The molecule has 0 saturated heterocycles. The Bertz CT molecular complexity index is 992. The quantitative estimate of drug-likeness (QED) is 0.577. The molecule has 3 rings (SSSR count). The smallest absolute Gasteiger partial charge is 0.220 e. The Balaban J connectivity index is 1.97. The van der Waals surface area contributed by atoms with E-state index in [0.29, 0.717) is 28.3 Å². The van der Waals surface area contributed by atoms with Crippen molar-refractivity contribution in [3.8, 4) is 0 Å². The molecular formula is C20H18F2IN3O2. The number of nitrogens with zero attached hydrogens (tertiary/aromatic N) is 1. The van der Waals surface area contributed by atoms with Gasteiger partial charge in [0.2, 0.25) is 5.91 Å². The van der Waals surface area contributed by atoms with E-state index < -0.39 is 17.5 Å². The molecule has 146 valence electrons. The van der Waals surface area contributed by atoms with Crippen molar-refractivity contribution >= 4 is 51.1 Å². The van der Waals surface area contributed by atoms with Crippen LogP contribution >= 0.6 is 22.6 Å². The zero-order valence-electron chi connectivity index (χ0n) is 15.1. The van der Waals surface area contributed by atoms with Gasteiger partial charge in [0.25, 0.3) is 0 Å². The van der Waals surface area contributed by atoms with E-state index >= 15 is 0 Å². The van der Waals surface area contributed by atoms with Crippen molar-refractivity contribution in [2.45, 2.75) is 6.42 Å². The second-order valence-corrected chi connectivity index (χ2v) is 7.49. The van der Waals surface area contributed by atoms with Gasteiger partial charge in [0.05, 0.1) is 30.1 Å². The zero-order chi connectivity index (χ0) is 20.4. The summed E-state index contributed by atoms with van der Waals surface area (Å²) in [6, 6.07) is 7.36. The number of ether oxygens (including phenoxy) is 1. The third-order valence-corrected chi connectivity index (χ3v) is 4.85. The zero-order valence-corrected chi connectivity index (χ0v) is 17.2. The Hall–Kier alpha value is -2.62. The molecule has 28 heavy (non-hydrogen) atoms. The Morgan fingerprint density at radius 2 is 2.04 bits per heavy atom. The fourth-order valence-corrected chi connectivity index (χ4v) is 3.31. The second-order valence-electron chi connectivity index (χ2n) is 6.24. The van der Waals surface area contributed by atoms with Crippen molar-refractivity contribution in [2.75, 3.05) is 23.9 Å². The van der Waals surface area contributed by atoms with E-state index in [1.54, 1.807) is 30.3 Å². The van der Waals surface area contributed by atoms with Crippen LogP contribution in [-0.2, 0) is 9.53 Å². The van der Waals surface area contributed by atoms with Crippen LogP contribution in [0.25, 0.3) is 5.57 Å². The summed E-state index contributed by atoms with van der Waals surface area (Å²) in [7, 11) is 1.73. The third-order valence-electron chi connectivity index (χ3n) is 4.18. The average Bonchev–Trinajstić information content (AvgIpc) is 2.61. The van der Waals surface area contributed by atoms with Gasteiger partial charge < -0.3 is 20.7 Å². The van der Waals surface area contributed by atoms with Crippen LogP contribution in [0.4, 0.5) is 25.8 Å². The van der Waals surface area contributed by atoms with Gasteiger partial charge in [-0.3, -0.25) is 4.79 Å². The number of hydrogen-bond acceptors (Lipinski definition) is 4. The molecule has 1 heterocycles. The first-order valence-electron chi connectivity index (χ1n) is 8.37. The van der Waals surface area contributed by atoms with E-state index in [4.69, 9.17) is 10.5 Å². The predicted octanol–water partition coefficient (Wildman–Crippen LogP) is 4.51. The minimum atomic E-state index is -0.477. The first-order valence-corrected chi connectivity index (χ1v) is 9.45. The molecule has 5 nitrogen and oxygen atoms in total. The predicted molar refractivity (Wildman–Crippen MR) is 114 cm³/mol. The number of nitrogens with one attached hydrogen (secondary N) is 1. The van der Waals surface area contributed by atoms with Gasteiger partial charge in [-0.2, -0.15) is 0 Å². The minimum absolute atomic E-state index is 0.0591. The molecule has 1 aliphatic rings. The van der Waals surface area contributed by atoms with Gasteiger partial charge in [-0.05, 0) is 52.9 Å². The third kappa shape index (κ3) is 4.27. The molecule has 2 aromatic rings. The molecular weight excluding hydrogens is 479 g/mol. The Morgan fingerprint density at radius 3 is 2.71 bits per heavy atom. The van der Waals surface area contributed by atoms with Crippen LogP contribution < -0.4 is 16.0 Å². The minimum Gasteiger partial charge on any atom is -0.491 e. The highest BCUT2D eigenvalue weighted by Gasteiger charge is 2.25. The van der Waals surface area contributed by atoms with Crippen molar-refractivity contribution in [1.82, 2.24) is 0 Å². The van der Waals surface area contributed by atoms with Gasteiger partial charge in [0, 0.05) is 28.0 Å². The molecule has 0 aliphatic carbocycles. The average molecular weight is 497 g/mol. The molecule has 0 fully saturated rings. The number of allylic oxidation sites excluding steroid dienone is 1. The lowest BCUT2D eigenvalue weighted by atomic mass is 9.97. The molecule has 0 radical (unpaired) electrons. The molecule has 0 spiro atoms. The van der Waals surface area contributed by atoms with Gasteiger partial charge in [-0.15, -0.1) is 0 Å². The molecule has 0 unspecified atom stereocenters. The summed E-state index contributed by atoms with van der Waals surface area (Å²) in [5.41, 5.74) is 7.34. The summed E-state index contributed by atoms with van der Waals surface area (Å²) in [6.07, 6.45) is 1.71. The van der Waals surface area contributed by atoms with Crippen LogP contribution in [-0.4, -0.2) is 19.6 Å². The summed E-state index contributed by atoms with van der Waals surface area (Å²) >= 11 is 2.01. The number of benzene rings is 2. The van der Waals surface area contributed by atoms with Crippen LogP contribution in [0, 0.1) is 15.2 Å². The lowest BCUT2D eigenvalue weighted by molar-refractivity contribution is -0.118. The lowest BCUT2D eigenvalue weighted by Gasteiger charge is -2.29. The molecule has 0 saturated carbocycles. The number of primary amides is 1. The van der Waals surface area contributed by atoms with Crippen molar-refractivity contribution in [1.29, 1.82) is 0 Å². The van der Waals surface area contributed by atoms with Gasteiger partial charge >= 0.3 is 0 Å². The van der Waals surface area contributed by atoms with E-state index in [2.05, 4.69) is 11.9 Å². The maximum Gasteiger partial charge on any atom is 0.220 e. The summed E-state index contributed by atoms with van der Waals surface area (Å²) in [5, 5.41) is 2.95. The number of carbonyl (C=O) groups is 1. The summed E-state index contributed by atoms with van der Waals surface area (Å²) < 4.78 is 34.9. The highest BCUT2D eigenvalue weighted by atomic mass is 127. The molecule has 0 bridgehead atoms. The maximum atomic E-state index is 14.3. The second kappa shape index (κ2) is 8.17. The normalized spacial score (nSPS) is 13.1. The van der Waals surface area contributed by atoms with Gasteiger partial charge in [0.15, 0.2) is 0 Å². The van der Waals surface area contributed by atoms with E-state index in [1.807, 2.05) is 22.6 Å². The van der Waals surface area contributed by atoms with Crippen LogP contribution in [0.1, 0.15) is 12.0 Å². The van der Waals surface area contributed by atoms with Gasteiger partial charge in [-0.1, -0.05) is 6.58 Å². The van der Waals surface area contributed by atoms with Crippen molar-refractivity contribution in [2.24, 2.45) is 5.73 Å². The van der Waals surface area contributed by atoms with Crippen LogP contribution in [0.2, 0.25) is 0 Å². The van der Waals surface area contributed by atoms with E-state index in [0.717, 1.165) is 3.57 Å². The lowest BCUT2D eigenvalue weighted by Crippen LogP contribution is -2.20. The first-order chi connectivity index (χ1) is 13.3. The van der Waals surface area contributed by atoms with Crippen LogP contribution in [0.3, 0.4) is 0 Å². The maximum absolute atomic E-state index is 14.3. The fourth-order valence-electron chi connectivity index (χ4n) is 2.85. The topological polar surface area (TPSA) is 67.6 Å². The van der Waals surface area contributed by atoms with Crippen molar-refractivity contribution in [3.63, 3.8) is 0 Å². The summed E-state index contributed by atoms with van der Waals surface area (Å²) in [4.78, 5) is 12.6. The largest absolute Gasteiger partial charge is 0.491 e. The number of nitrogens with two attached hydrogens (primary N) is 1. The monoisotopic (exact) mass is 497 g/mol. The van der Waals surface area contributed by atoms with Crippen molar-refractivity contribution in [3.05, 3.63) is 69.6 Å². The van der Waals surface area contributed by atoms with Gasteiger partial charge in [-0.25, -0.2) is 8.78 Å². The Morgan fingerprint density at radius 1 is 1.29 bits per heavy atom. The SMILES string of the molecule is C=C1C(OCCC(N)=O)=CN(C)c2cc(F)cc(Nc3ccc(I)cc3F)c21. The fraction of sp³-hybridized carbons (Fsp3) is 0.150. The number of hydrogen-bond donors (Lipinski definition) is 2. The molecule has 8 heteroatoms. The Kier molecular flexibility index (Phi) is 5.87. The van der Waals surface area contributed by atoms with E-state index in [1.165, 1.54) is 18.2 Å². The molecule has 0 aromatic heterocycles. The summed E-state index contributed by atoms with van der Waals surface area (Å²) in [6.45, 7) is 4.14. The molecule has 1 aliphatic heterocycles. The Labute approximate surface area is 175 Å². The van der Waals surface area contributed by atoms with E-state index in [9.17, 15) is 13.6 Å². The van der Waals surface area contributed by atoms with E-state index in [-0.39, 0.29) is 18.7 Å². The molecule has 1 amide bonds. The van der Waals surface area contributed by atoms with Crippen LogP contribution in [0.5, 0.6) is 0 Å². The number of anilines is 3.